The van der Waals surface area contributed by atoms with E-state index in [1.807, 2.05) is 24.3 Å². The number of aryl methyl sites for hydroxylation is 1. The number of aromatic nitrogens is 1. The smallest absolute Gasteiger partial charge is 0.238 e. The summed E-state index contributed by atoms with van der Waals surface area (Å²) in [5.74, 6) is 0.0545. The average Bonchev–Trinajstić information content (AvgIpc) is 3.28. The average molecular weight is 366 g/mol. The molecule has 0 bridgehead atoms. The Morgan fingerprint density at radius 1 is 1.23 bits per heavy atom. The summed E-state index contributed by atoms with van der Waals surface area (Å²) in [5, 5.41) is 4.22. The molecule has 4 rings (SSSR count). The number of carbonyl (C=O) groups excluding carboxylic acids is 1. The third kappa shape index (κ3) is 3.50. The molecule has 0 radical (unpaired) electrons. The van der Waals surface area contributed by atoms with E-state index >= 15 is 0 Å². The molecular weight excluding hydrogens is 342 g/mol. The molecule has 0 spiro atoms. The molecule has 0 saturated carbocycles. The Morgan fingerprint density at radius 3 is 2.88 bits per heavy atom. The molecule has 1 aliphatic heterocycles. The van der Waals surface area contributed by atoms with Crippen molar-refractivity contribution in [3.8, 4) is 0 Å². The summed E-state index contributed by atoms with van der Waals surface area (Å²) in [6.45, 7) is 3.47. The highest BCUT2D eigenvalue weighted by atomic mass is 32.1. The van der Waals surface area contributed by atoms with Crippen LogP contribution in [0.1, 0.15) is 36.4 Å². The van der Waals surface area contributed by atoms with E-state index in [-0.39, 0.29) is 11.9 Å². The van der Waals surface area contributed by atoms with E-state index < -0.39 is 0 Å². The second-order valence-corrected chi connectivity index (χ2v) is 7.77. The van der Waals surface area contributed by atoms with Gasteiger partial charge in [0.25, 0.3) is 0 Å². The number of nitrogens with zero attached hydrogens (tertiary/aromatic N) is 2. The predicted molar refractivity (Wildman–Crippen MR) is 108 cm³/mol. The van der Waals surface area contributed by atoms with Crippen molar-refractivity contribution in [1.82, 2.24) is 9.88 Å². The van der Waals surface area contributed by atoms with Crippen LogP contribution in [-0.4, -0.2) is 28.9 Å². The van der Waals surface area contributed by atoms with Crippen molar-refractivity contribution in [3.63, 3.8) is 0 Å². The van der Waals surface area contributed by atoms with Crippen molar-refractivity contribution in [2.24, 2.45) is 0 Å². The molecule has 134 valence electrons. The summed E-state index contributed by atoms with van der Waals surface area (Å²) in [6.07, 6.45) is 3.09. The number of thiazole rings is 1. The number of para-hydroxylation sites is 2. The fraction of sp³-hybridized carbons (Fsp3) is 0.333. The van der Waals surface area contributed by atoms with Gasteiger partial charge in [0.2, 0.25) is 5.91 Å². The molecule has 1 unspecified atom stereocenters. The lowest BCUT2D eigenvalue weighted by molar-refractivity contribution is -0.117. The first-order valence-corrected chi connectivity index (χ1v) is 10.0. The molecule has 1 aromatic heterocycles. The highest BCUT2D eigenvalue weighted by Gasteiger charge is 2.30. The first-order chi connectivity index (χ1) is 12.7. The first-order valence-electron chi connectivity index (χ1n) is 9.22. The van der Waals surface area contributed by atoms with E-state index in [1.165, 1.54) is 10.3 Å². The zero-order chi connectivity index (χ0) is 17.9. The largest absolute Gasteiger partial charge is 0.325 e. The van der Waals surface area contributed by atoms with Gasteiger partial charge in [0.1, 0.15) is 5.01 Å². The summed E-state index contributed by atoms with van der Waals surface area (Å²) in [7, 11) is 0. The molecule has 1 aliphatic rings. The van der Waals surface area contributed by atoms with Gasteiger partial charge in [0.15, 0.2) is 0 Å². The molecule has 0 aliphatic carbocycles. The summed E-state index contributed by atoms with van der Waals surface area (Å²) in [4.78, 5) is 19.7. The Bertz CT molecular complexity index is 887. The number of nitrogens with one attached hydrogen (secondary N) is 1. The molecule has 1 amide bonds. The topological polar surface area (TPSA) is 45.2 Å². The standard InChI is InChI=1S/C21H23N3OS/c1-2-15-8-3-4-9-16(15)22-20(25)14-24-13-7-11-18(24)21-23-17-10-5-6-12-19(17)26-21/h3-6,8-10,12,18H,2,7,11,13-14H2,1H3,(H,22,25). The van der Waals surface area contributed by atoms with Crippen LogP contribution in [0.15, 0.2) is 48.5 Å². The van der Waals surface area contributed by atoms with Crippen LogP contribution in [-0.2, 0) is 11.2 Å². The third-order valence-corrected chi connectivity index (χ3v) is 6.12. The van der Waals surface area contributed by atoms with Gasteiger partial charge in [-0.2, -0.15) is 0 Å². The zero-order valence-electron chi connectivity index (χ0n) is 14.9. The van der Waals surface area contributed by atoms with Crippen LogP contribution >= 0.6 is 11.3 Å². The molecule has 5 heteroatoms. The van der Waals surface area contributed by atoms with E-state index in [9.17, 15) is 4.79 Å². The van der Waals surface area contributed by atoms with Crippen molar-refractivity contribution in [2.75, 3.05) is 18.4 Å². The van der Waals surface area contributed by atoms with Gasteiger partial charge in [-0.05, 0) is 49.6 Å². The lowest BCUT2D eigenvalue weighted by atomic mass is 10.1. The monoisotopic (exact) mass is 365 g/mol. The molecule has 1 fully saturated rings. The predicted octanol–water partition coefficient (Wildman–Crippen LogP) is 4.63. The van der Waals surface area contributed by atoms with Gasteiger partial charge in [-0.3, -0.25) is 9.69 Å². The minimum atomic E-state index is 0.0545. The number of rotatable bonds is 5. The van der Waals surface area contributed by atoms with E-state index in [2.05, 4.69) is 41.4 Å². The first kappa shape index (κ1) is 17.2. The maximum Gasteiger partial charge on any atom is 0.238 e. The second-order valence-electron chi connectivity index (χ2n) is 6.71. The Hall–Kier alpha value is -2.24. The van der Waals surface area contributed by atoms with E-state index in [0.29, 0.717) is 6.54 Å². The van der Waals surface area contributed by atoms with Gasteiger partial charge in [-0.1, -0.05) is 37.3 Å². The highest BCUT2D eigenvalue weighted by Crippen LogP contribution is 2.36. The minimum absolute atomic E-state index is 0.0545. The summed E-state index contributed by atoms with van der Waals surface area (Å²) < 4.78 is 1.22. The van der Waals surface area contributed by atoms with E-state index in [0.717, 1.165) is 42.0 Å². The summed E-state index contributed by atoms with van der Waals surface area (Å²) in [6, 6.07) is 16.5. The van der Waals surface area contributed by atoms with Crippen molar-refractivity contribution in [3.05, 3.63) is 59.1 Å². The quantitative estimate of drug-likeness (QED) is 0.717. The van der Waals surface area contributed by atoms with Gasteiger partial charge in [-0.25, -0.2) is 4.98 Å². The number of carbonyl (C=O) groups is 1. The molecule has 3 aromatic rings. The number of anilines is 1. The van der Waals surface area contributed by atoms with Gasteiger partial charge < -0.3 is 5.32 Å². The third-order valence-electron chi connectivity index (χ3n) is 4.98. The number of hydrogen-bond donors (Lipinski definition) is 1. The molecule has 2 aromatic carbocycles. The van der Waals surface area contributed by atoms with Crippen LogP contribution in [0.25, 0.3) is 10.2 Å². The lowest BCUT2D eigenvalue weighted by Gasteiger charge is -2.22. The van der Waals surface area contributed by atoms with Crippen molar-refractivity contribution < 1.29 is 4.79 Å². The van der Waals surface area contributed by atoms with Gasteiger partial charge in [0.05, 0.1) is 22.8 Å². The van der Waals surface area contributed by atoms with Gasteiger partial charge in [0, 0.05) is 5.69 Å². The molecule has 1 N–H and O–H groups in total. The van der Waals surface area contributed by atoms with Crippen LogP contribution in [0.3, 0.4) is 0 Å². The zero-order valence-corrected chi connectivity index (χ0v) is 15.8. The van der Waals surface area contributed by atoms with Crippen LogP contribution in [0.5, 0.6) is 0 Å². The Morgan fingerprint density at radius 2 is 2.04 bits per heavy atom. The Kier molecular flexibility index (Phi) is 5.00. The minimum Gasteiger partial charge on any atom is -0.325 e. The fourth-order valence-corrected chi connectivity index (χ4v) is 4.79. The fourth-order valence-electron chi connectivity index (χ4n) is 3.65. The lowest BCUT2D eigenvalue weighted by Crippen LogP contribution is -2.33. The van der Waals surface area contributed by atoms with E-state index in [4.69, 9.17) is 4.98 Å². The van der Waals surface area contributed by atoms with Gasteiger partial charge in [-0.15, -0.1) is 11.3 Å². The second kappa shape index (κ2) is 7.56. The molecule has 1 atom stereocenters. The highest BCUT2D eigenvalue weighted by molar-refractivity contribution is 7.18. The van der Waals surface area contributed by atoms with Crippen LogP contribution in [0.4, 0.5) is 5.69 Å². The molecular formula is C21H23N3OS. The van der Waals surface area contributed by atoms with Crippen molar-refractivity contribution in [2.45, 2.75) is 32.2 Å². The van der Waals surface area contributed by atoms with Crippen LogP contribution < -0.4 is 5.32 Å². The van der Waals surface area contributed by atoms with Crippen molar-refractivity contribution in [1.29, 1.82) is 0 Å². The number of amides is 1. The maximum absolute atomic E-state index is 12.6. The molecule has 4 nitrogen and oxygen atoms in total. The molecule has 1 saturated heterocycles. The number of fused-ring (bicyclic) bond motifs is 1. The van der Waals surface area contributed by atoms with Crippen molar-refractivity contribution >= 4 is 33.1 Å². The number of hydrogen-bond acceptors (Lipinski definition) is 4. The Labute approximate surface area is 157 Å². The summed E-state index contributed by atoms with van der Waals surface area (Å²) in [5.41, 5.74) is 3.15. The normalized spacial score (nSPS) is 17.7. The maximum atomic E-state index is 12.6. The molecule has 2 heterocycles. The van der Waals surface area contributed by atoms with E-state index in [1.54, 1.807) is 11.3 Å². The Balaban J connectivity index is 1.47. The molecule has 26 heavy (non-hydrogen) atoms. The van der Waals surface area contributed by atoms with Gasteiger partial charge >= 0.3 is 0 Å². The number of likely N-dealkylation sites (tertiary alicyclic amines) is 1. The van der Waals surface area contributed by atoms with Crippen LogP contribution in [0, 0.1) is 0 Å². The van der Waals surface area contributed by atoms with Crippen LogP contribution in [0.2, 0.25) is 0 Å². The summed E-state index contributed by atoms with van der Waals surface area (Å²) >= 11 is 1.75. The number of benzene rings is 2. The SMILES string of the molecule is CCc1ccccc1NC(=O)CN1CCCC1c1nc2ccccc2s1.